The summed E-state index contributed by atoms with van der Waals surface area (Å²) in [6, 6.07) is 9.95. The van der Waals surface area contributed by atoms with Crippen LogP contribution in [0.25, 0.3) is 22.2 Å². The van der Waals surface area contributed by atoms with Crippen molar-refractivity contribution in [1.82, 2.24) is 15.0 Å². The fourth-order valence-electron chi connectivity index (χ4n) is 3.95. The first-order chi connectivity index (χ1) is 18.7. The fraction of sp³-hybridized carbons (Fsp3) is 0.0714. The van der Waals surface area contributed by atoms with E-state index in [1.54, 1.807) is 13.0 Å². The van der Waals surface area contributed by atoms with E-state index in [2.05, 4.69) is 20.3 Å². The standard InChI is InChI=1S/C28H19F3N4O4/c1-14-25(15-3-5-19(29)20(30)9-15)27(36)18(13-33-14)28(37)35-16-4-6-23(21(31)10-16)39-24-7-8-32-22-11-17(38-2)12-34-26(22)24/h3-13H,1-2H3,(H,33,36)(H,35,37). The Kier molecular flexibility index (Phi) is 6.72. The molecule has 5 rings (SSSR count). The number of anilines is 1. The van der Waals surface area contributed by atoms with Crippen molar-refractivity contribution in [2.24, 2.45) is 0 Å². The van der Waals surface area contributed by atoms with Gasteiger partial charge in [-0.15, -0.1) is 0 Å². The molecule has 0 bridgehead atoms. The molecule has 1 amide bonds. The monoisotopic (exact) mass is 532 g/mol. The predicted octanol–water partition coefficient (Wildman–Crippen LogP) is 5.76. The quantitative estimate of drug-likeness (QED) is 0.288. The number of carbonyl (C=O) groups is 1. The lowest BCUT2D eigenvalue weighted by Crippen LogP contribution is -2.24. The zero-order chi connectivity index (χ0) is 27.7. The number of aromatic amines is 1. The highest BCUT2D eigenvalue weighted by atomic mass is 19.2. The third-order valence-corrected chi connectivity index (χ3v) is 5.89. The third kappa shape index (κ3) is 5.01. The number of methoxy groups -OCH3 is 1. The smallest absolute Gasteiger partial charge is 0.261 e. The number of nitrogens with one attached hydrogen (secondary N) is 2. The summed E-state index contributed by atoms with van der Waals surface area (Å²) in [5, 5.41) is 2.47. The molecule has 0 radical (unpaired) electrons. The van der Waals surface area contributed by atoms with Gasteiger partial charge in [-0.25, -0.2) is 18.2 Å². The van der Waals surface area contributed by atoms with E-state index in [1.807, 2.05) is 0 Å². The molecule has 3 heterocycles. The van der Waals surface area contributed by atoms with Crippen LogP contribution in [0.3, 0.4) is 0 Å². The summed E-state index contributed by atoms with van der Waals surface area (Å²) in [5.74, 6) is -3.18. The first-order valence-corrected chi connectivity index (χ1v) is 11.5. The zero-order valence-corrected chi connectivity index (χ0v) is 20.5. The van der Waals surface area contributed by atoms with Crippen molar-refractivity contribution in [3.05, 3.63) is 106 Å². The number of nitrogens with zero attached hydrogens (tertiary/aromatic N) is 2. The maximum Gasteiger partial charge on any atom is 0.261 e. The number of halogens is 3. The number of amides is 1. The molecule has 0 spiro atoms. The maximum absolute atomic E-state index is 14.9. The van der Waals surface area contributed by atoms with Gasteiger partial charge in [-0.2, -0.15) is 0 Å². The van der Waals surface area contributed by atoms with Gasteiger partial charge in [0.05, 0.1) is 18.8 Å². The van der Waals surface area contributed by atoms with Crippen LogP contribution < -0.4 is 20.2 Å². The van der Waals surface area contributed by atoms with Gasteiger partial charge >= 0.3 is 0 Å². The van der Waals surface area contributed by atoms with E-state index >= 15 is 0 Å². The number of fused-ring (bicyclic) bond motifs is 1. The van der Waals surface area contributed by atoms with Crippen LogP contribution in [0.2, 0.25) is 0 Å². The number of aromatic nitrogens is 3. The summed E-state index contributed by atoms with van der Waals surface area (Å²) >= 11 is 0. The summed E-state index contributed by atoms with van der Waals surface area (Å²) < 4.78 is 52.9. The molecule has 2 N–H and O–H groups in total. The van der Waals surface area contributed by atoms with Gasteiger partial charge in [0, 0.05) is 47.5 Å². The molecule has 0 fully saturated rings. The second-order valence-electron chi connectivity index (χ2n) is 8.41. The molecule has 0 saturated heterocycles. The molecular weight excluding hydrogens is 513 g/mol. The van der Waals surface area contributed by atoms with E-state index in [0.717, 1.165) is 18.2 Å². The maximum atomic E-state index is 14.9. The molecule has 0 aliphatic heterocycles. The summed E-state index contributed by atoms with van der Waals surface area (Å²) in [4.78, 5) is 37.2. The van der Waals surface area contributed by atoms with Gasteiger partial charge in [0.25, 0.3) is 5.91 Å². The molecule has 0 atom stereocenters. The lowest BCUT2D eigenvalue weighted by Gasteiger charge is -2.12. The summed E-state index contributed by atoms with van der Waals surface area (Å²) in [6.07, 6.45) is 4.16. The number of aryl methyl sites for hydroxylation is 1. The van der Waals surface area contributed by atoms with Crippen LogP contribution in [0.4, 0.5) is 18.9 Å². The Bertz CT molecular complexity index is 1810. The molecule has 0 aliphatic carbocycles. The lowest BCUT2D eigenvalue weighted by atomic mass is 10.0. The minimum Gasteiger partial charge on any atom is -0.495 e. The Morgan fingerprint density at radius 2 is 1.77 bits per heavy atom. The van der Waals surface area contributed by atoms with Gasteiger partial charge in [-0.1, -0.05) is 6.07 Å². The van der Waals surface area contributed by atoms with E-state index < -0.39 is 28.8 Å². The van der Waals surface area contributed by atoms with Crippen molar-refractivity contribution in [3.8, 4) is 28.4 Å². The Hall–Kier alpha value is -5.19. The molecule has 2 aromatic carbocycles. The number of rotatable bonds is 6. The Morgan fingerprint density at radius 3 is 2.51 bits per heavy atom. The van der Waals surface area contributed by atoms with Crippen LogP contribution in [0.5, 0.6) is 17.2 Å². The first kappa shape index (κ1) is 25.5. The summed E-state index contributed by atoms with van der Waals surface area (Å²) in [6.45, 7) is 1.56. The molecule has 0 saturated carbocycles. The largest absolute Gasteiger partial charge is 0.495 e. The van der Waals surface area contributed by atoms with Crippen molar-refractivity contribution in [2.75, 3.05) is 12.4 Å². The van der Waals surface area contributed by atoms with Crippen LogP contribution in [-0.2, 0) is 0 Å². The zero-order valence-electron chi connectivity index (χ0n) is 20.5. The predicted molar refractivity (Wildman–Crippen MR) is 138 cm³/mol. The van der Waals surface area contributed by atoms with Gasteiger partial charge in [-0.3, -0.25) is 14.6 Å². The number of H-pyrrole nitrogens is 1. The highest BCUT2D eigenvalue weighted by Crippen LogP contribution is 2.31. The average Bonchev–Trinajstić information content (AvgIpc) is 2.92. The molecule has 11 heteroatoms. The van der Waals surface area contributed by atoms with Gasteiger partial charge in [-0.05, 0) is 36.8 Å². The van der Waals surface area contributed by atoms with Crippen molar-refractivity contribution in [3.63, 3.8) is 0 Å². The lowest BCUT2D eigenvalue weighted by molar-refractivity contribution is 0.102. The Labute approximate surface area is 219 Å². The van der Waals surface area contributed by atoms with Crippen molar-refractivity contribution in [1.29, 1.82) is 0 Å². The van der Waals surface area contributed by atoms with Gasteiger partial charge in [0.15, 0.2) is 29.0 Å². The van der Waals surface area contributed by atoms with Gasteiger partial charge in [0.2, 0.25) is 5.43 Å². The number of carbonyl (C=O) groups excluding carboxylic acids is 1. The molecule has 0 aliphatic rings. The van der Waals surface area contributed by atoms with Crippen molar-refractivity contribution >= 4 is 22.6 Å². The number of hydrogen-bond donors (Lipinski definition) is 2. The first-order valence-electron chi connectivity index (χ1n) is 11.5. The average molecular weight is 532 g/mol. The van der Waals surface area contributed by atoms with Crippen molar-refractivity contribution in [2.45, 2.75) is 6.92 Å². The van der Waals surface area contributed by atoms with Crippen molar-refractivity contribution < 1.29 is 27.4 Å². The fourth-order valence-corrected chi connectivity index (χ4v) is 3.95. The SMILES string of the molecule is COc1cnc2c(Oc3ccc(NC(=O)c4c[nH]c(C)c(-c5ccc(F)c(F)c5)c4=O)cc3F)ccnc2c1. The Morgan fingerprint density at radius 1 is 0.949 bits per heavy atom. The Balaban J connectivity index is 1.39. The molecule has 196 valence electrons. The normalized spacial score (nSPS) is 10.9. The number of pyridine rings is 3. The van der Waals surface area contributed by atoms with Gasteiger partial charge in [0.1, 0.15) is 16.8 Å². The molecule has 5 aromatic rings. The minimum atomic E-state index is -1.13. The van der Waals surface area contributed by atoms with Crippen LogP contribution in [0.1, 0.15) is 16.1 Å². The van der Waals surface area contributed by atoms with Gasteiger partial charge < -0.3 is 19.8 Å². The number of hydrogen-bond acceptors (Lipinski definition) is 6. The van der Waals surface area contributed by atoms with Crippen LogP contribution in [0, 0.1) is 24.4 Å². The molecule has 3 aromatic heterocycles. The molecule has 8 nitrogen and oxygen atoms in total. The second kappa shape index (κ2) is 10.3. The van der Waals surface area contributed by atoms with E-state index in [9.17, 15) is 22.8 Å². The molecular formula is C28H19F3N4O4. The second-order valence-corrected chi connectivity index (χ2v) is 8.41. The minimum absolute atomic E-state index is 0.00675. The van der Waals surface area contributed by atoms with Crippen LogP contribution >= 0.6 is 0 Å². The number of ether oxygens (including phenoxy) is 2. The highest BCUT2D eigenvalue weighted by molar-refractivity contribution is 6.04. The van der Waals surface area contributed by atoms with E-state index in [-0.39, 0.29) is 33.9 Å². The van der Waals surface area contributed by atoms with E-state index in [4.69, 9.17) is 9.47 Å². The van der Waals surface area contributed by atoms with Crippen LogP contribution in [-0.4, -0.2) is 28.0 Å². The molecule has 0 unspecified atom stereocenters. The topological polar surface area (TPSA) is 106 Å². The van der Waals surface area contributed by atoms with Crippen LogP contribution in [0.15, 0.2) is 71.9 Å². The number of benzene rings is 2. The highest BCUT2D eigenvalue weighted by Gasteiger charge is 2.19. The third-order valence-electron chi connectivity index (χ3n) is 5.89. The molecule has 39 heavy (non-hydrogen) atoms. The van der Waals surface area contributed by atoms with E-state index in [1.165, 1.54) is 50.0 Å². The van der Waals surface area contributed by atoms with E-state index in [0.29, 0.717) is 22.5 Å². The summed E-state index contributed by atoms with van der Waals surface area (Å²) in [5.41, 5.74) is 0.398. The summed E-state index contributed by atoms with van der Waals surface area (Å²) in [7, 11) is 1.50.